The maximum atomic E-state index is 4.44. The van der Waals surface area contributed by atoms with Gasteiger partial charge in [0.15, 0.2) is 4.34 Å². The third-order valence-corrected chi connectivity index (χ3v) is 4.25. The van der Waals surface area contributed by atoms with Crippen LogP contribution in [0.4, 0.5) is 0 Å². The second kappa shape index (κ2) is 7.19. The van der Waals surface area contributed by atoms with Gasteiger partial charge in [0, 0.05) is 18.2 Å². The average molecular weight is 245 g/mol. The van der Waals surface area contributed by atoms with Crippen molar-refractivity contribution in [1.82, 2.24) is 14.7 Å². The van der Waals surface area contributed by atoms with Gasteiger partial charge in [-0.3, -0.25) is 0 Å². The van der Waals surface area contributed by atoms with E-state index in [9.17, 15) is 0 Å². The molecule has 1 aromatic heterocycles. The minimum Gasteiger partial charge on any atom is -0.316 e. The normalized spacial score (nSPS) is 13.0. The third kappa shape index (κ3) is 4.49. The molecule has 0 fully saturated rings. The van der Waals surface area contributed by atoms with Gasteiger partial charge in [-0.25, -0.2) is 4.98 Å². The molecule has 1 aromatic rings. The Morgan fingerprint density at radius 1 is 1.47 bits per heavy atom. The lowest BCUT2D eigenvalue weighted by molar-refractivity contribution is 0.564. The molecule has 1 heterocycles. The molecule has 15 heavy (non-hydrogen) atoms. The fourth-order valence-electron chi connectivity index (χ4n) is 1.27. The summed E-state index contributed by atoms with van der Waals surface area (Å²) in [7, 11) is 2.03. The Kier molecular flexibility index (Phi) is 6.20. The number of aromatic nitrogens is 2. The van der Waals surface area contributed by atoms with Gasteiger partial charge in [0.05, 0.1) is 0 Å². The van der Waals surface area contributed by atoms with Gasteiger partial charge in [-0.2, -0.15) is 4.37 Å². The van der Waals surface area contributed by atoms with Gasteiger partial charge in [-0.05, 0) is 25.0 Å². The van der Waals surface area contributed by atoms with Crippen LogP contribution in [0.3, 0.4) is 0 Å². The highest BCUT2D eigenvalue weighted by molar-refractivity contribution is 8.00. The Labute approximate surface area is 100 Å². The first-order valence-corrected chi connectivity index (χ1v) is 7.18. The molecule has 1 rings (SSSR count). The highest BCUT2D eigenvalue weighted by atomic mass is 32.2. The molecule has 0 aliphatic carbocycles. The van der Waals surface area contributed by atoms with E-state index in [1.54, 1.807) is 0 Å². The number of hydrogen-bond acceptors (Lipinski definition) is 5. The summed E-state index contributed by atoms with van der Waals surface area (Å²) in [4.78, 5) is 4.44. The number of nitrogens with zero attached hydrogens (tertiary/aromatic N) is 2. The van der Waals surface area contributed by atoms with E-state index in [0.717, 1.165) is 22.3 Å². The Morgan fingerprint density at radius 3 is 2.80 bits per heavy atom. The minimum absolute atomic E-state index is 0.592. The lowest BCUT2D eigenvalue weighted by Crippen LogP contribution is -2.27. The molecule has 0 aliphatic heterocycles. The van der Waals surface area contributed by atoms with Gasteiger partial charge in [0.25, 0.3) is 0 Å². The zero-order valence-corrected chi connectivity index (χ0v) is 11.2. The first kappa shape index (κ1) is 12.9. The average Bonchev–Trinajstić information content (AvgIpc) is 2.72. The van der Waals surface area contributed by atoms with Gasteiger partial charge in [0.2, 0.25) is 0 Å². The second-order valence-corrected chi connectivity index (χ2v) is 5.43. The van der Waals surface area contributed by atoms with Crippen LogP contribution in [0.2, 0.25) is 0 Å². The van der Waals surface area contributed by atoms with E-state index >= 15 is 0 Å². The predicted octanol–water partition coefficient (Wildman–Crippen LogP) is 2.58. The van der Waals surface area contributed by atoms with Crippen molar-refractivity contribution in [3.63, 3.8) is 0 Å². The molecule has 0 radical (unpaired) electrons. The van der Waals surface area contributed by atoms with Crippen molar-refractivity contribution in [2.24, 2.45) is 0 Å². The molecule has 0 saturated carbocycles. The predicted molar refractivity (Wildman–Crippen MR) is 67.8 cm³/mol. The zero-order chi connectivity index (χ0) is 11.1. The smallest absolute Gasteiger partial charge is 0.170 e. The highest BCUT2D eigenvalue weighted by Crippen LogP contribution is 2.21. The second-order valence-electron chi connectivity index (χ2n) is 3.42. The highest BCUT2D eigenvalue weighted by Gasteiger charge is 2.08. The molecule has 3 nitrogen and oxygen atoms in total. The molecule has 0 amide bonds. The molecular formula is C10H19N3S2. The summed E-state index contributed by atoms with van der Waals surface area (Å²) in [5.74, 6) is 2.06. The van der Waals surface area contributed by atoms with E-state index in [2.05, 4.69) is 28.5 Å². The van der Waals surface area contributed by atoms with E-state index in [0.29, 0.717) is 6.04 Å². The van der Waals surface area contributed by atoms with Crippen LogP contribution in [0.5, 0.6) is 0 Å². The molecule has 86 valence electrons. The molecule has 5 heteroatoms. The zero-order valence-electron chi connectivity index (χ0n) is 9.62. The molecule has 0 aliphatic rings. The fraction of sp³-hybridized carbons (Fsp3) is 0.800. The lowest BCUT2D eigenvalue weighted by Gasteiger charge is -2.12. The van der Waals surface area contributed by atoms with Crippen LogP contribution >= 0.6 is 23.3 Å². The summed E-state index contributed by atoms with van der Waals surface area (Å²) in [5, 5.41) is 3.33. The van der Waals surface area contributed by atoms with E-state index in [1.807, 2.05) is 18.8 Å². The van der Waals surface area contributed by atoms with Crippen LogP contribution in [0.15, 0.2) is 4.34 Å². The quantitative estimate of drug-likeness (QED) is 0.749. The van der Waals surface area contributed by atoms with E-state index in [-0.39, 0.29) is 0 Å². The van der Waals surface area contributed by atoms with Gasteiger partial charge in [-0.15, -0.1) is 0 Å². The van der Waals surface area contributed by atoms with Crippen molar-refractivity contribution in [2.75, 3.05) is 12.8 Å². The van der Waals surface area contributed by atoms with Crippen LogP contribution in [0, 0.1) is 0 Å². The topological polar surface area (TPSA) is 37.8 Å². The molecule has 1 atom stereocenters. The van der Waals surface area contributed by atoms with Crippen LogP contribution < -0.4 is 5.32 Å². The number of nitrogens with one attached hydrogen (secondary N) is 1. The largest absolute Gasteiger partial charge is 0.316 e. The molecule has 0 aromatic carbocycles. The standard InChI is InChI=1S/C10H19N3S2/c1-4-6-8(11-3)7-14-10-12-9(5-2)13-15-10/h8,11H,4-7H2,1-3H3. The van der Waals surface area contributed by atoms with Gasteiger partial charge in [0.1, 0.15) is 5.82 Å². The maximum Gasteiger partial charge on any atom is 0.170 e. The van der Waals surface area contributed by atoms with Crippen LogP contribution in [-0.2, 0) is 6.42 Å². The minimum atomic E-state index is 0.592. The summed E-state index contributed by atoms with van der Waals surface area (Å²) >= 11 is 3.33. The molecule has 1 unspecified atom stereocenters. The fourth-order valence-corrected chi connectivity index (χ4v) is 3.14. The first-order chi connectivity index (χ1) is 7.30. The molecule has 0 bridgehead atoms. The summed E-state index contributed by atoms with van der Waals surface area (Å²) in [6.45, 7) is 4.30. The van der Waals surface area contributed by atoms with Crippen LogP contribution in [-0.4, -0.2) is 28.2 Å². The van der Waals surface area contributed by atoms with Crippen molar-refractivity contribution in [1.29, 1.82) is 0 Å². The van der Waals surface area contributed by atoms with Crippen molar-refractivity contribution < 1.29 is 0 Å². The number of thioether (sulfide) groups is 1. The monoisotopic (exact) mass is 245 g/mol. The van der Waals surface area contributed by atoms with E-state index in [1.165, 1.54) is 24.4 Å². The number of rotatable bonds is 7. The van der Waals surface area contributed by atoms with Gasteiger partial charge >= 0.3 is 0 Å². The summed E-state index contributed by atoms with van der Waals surface area (Å²) < 4.78 is 5.37. The summed E-state index contributed by atoms with van der Waals surface area (Å²) in [5.41, 5.74) is 0. The lowest BCUT2D eigenvalue weighted by atomic mass is 10.2. The van der Waals surface area contributed by atoms with E-state index in [4.69, 9.17) is 0 Å². The number of hydrogen-bond donors (Lipinski definition) is 1. The van der Waals surface area contributed by atoms with Crippen molar-refractivity contribution >= 4 is 23.3 Å². The Bertz CT molecular complexity index is 275. The Morgan fingerprint density at radius 2 is 2.27 bits per heavy atom. The van der Waals surface area contributed by atoms with Crippen molar-refractivity contribution in [3.05, 3.63) is 5.82 Å². The summed E-state index contributed by atoms with van der Waals surface area (Å²) in [6.07, 6.45) is 3.38. The first-order valence-electron chi connectivity index (χ1n) is 5.42. The van der Waals surface area contributed by atoms with E-state index < -0.39 is 0 Å². The molecule has 1 N–H and O–H groups in total. The van der Waals surface area contributed by atoms with Crippen molar-refractivity contribution in [3.8, 4) is 0 Å². The van der Waals surface area contributed by atoms with Crippen LogP contribution in [0.25, 0.3) is 0 Å². The SMILES string of the molecule is CCCC(CSc1nc(CC)ns1)NC. The maximum absolute atomic E-state index is 4.44. The number of aryl methyl sites for hydroxylation is 1. The van der Waals surface area contributed by atoms with Gasteiger partial charge in [-0.1, -0.05) is 32.0 Å². The van der Waals surface area contributed by atoms with Gasteiger partial charge < -0.3 is 5.32 Å². The third-order valence-electron chi connectivity index (χ3n) is 2.22. The van der Waals surface area contributed by atoms with Crippen molar-refractivity contribution in [2.45, 2.75) is 43.5 Å². The Hall–Kier alpha value is -0.130. The summed E-state index contributed by atoms with van der Waals surface area (Å²) in [6, 6.07) is 0.592. The molecule has 0 saturated heterocycles. The van der Waals surface area contributed by atoms with Crippen LogP contribution in [0.1, 0.15) is 32.5 Å². The Balaban J connectivity index is 2.34. The molecule has 0 spiro atoms. The molecular weight excluding hydrogens is 226 g/mol.